The number of nitrogens with zero attached hydrogens (tertiary/aromatic N) is 3. The van der Waals surface area contributed by atoms with Crippen LogP contribution in [0.3, 0.4) is 0 Å². The van der Waals surface area contributed by atoms with E-state index in [2.05, 4.69) is 10.4 Å². The van der Waals surface area contributed by atoms with E-state index < -0.39 is 4.92 Å². The van der Waals surface area contributed by atoms with Crippen molar-refractivity contribution in [2.75, 3.05) is 7.11 Å². The van der Waals surface area contributed by atoms with Crippen LogP contribution in [0.25, 0.3) is 0 Å². The molecular formula is C19H18N4O4. The Balaban J connectivity index is 1.60. The molecule has 0 aliphatic heterocycles. The van der Waals surface area contributed by atoms with Gasteiger partial charge in [-0.15, -0.1) is 0 Å². The Hall–Kier alpha value is -3.68. The van der Waals surface area contributed by atoms with Crippen molar-refractivity contribution in [1.29, 1.82) is 0 Å². The van der Waals surface area contributed by atoms with Gasteiger partial charge >= 0.3 is 5.69 Å². The highest BCUT2D eigenvalue weighted by molar-refractivity contribution is 5.94. The lowest BCUT2D eigenvalue weighted by molar-refractivity contribution is -0.385. The van der Waals surface area contributed by atoms with E-state index in [4.69, 9.17) is 4.74 Å². The number of methoxy groups -OCH3 is 1. The topological polar surface area (TPSA) is 99.3 Å². The molecule has 1 aromatic heterocycles. The van der Waals surface area contributed by atoms with Crippen molar-refractivity contribution in [2.24, 2.45) is 0 Å². The standard InChI is InChI=1S/C19H18N4O4/c1-27-18-5-3-2-4-16(18)10-20-19(24)15-8-6-14(7-9-15)12-22-13-17(11-21-22)23(25)26/h2-9,11,13H,10,12H2,1H3,(H,20,24). The molecule has 0 aliphatic carbocycles. The molecule has 0 aliphatic rings. The van der Waals surface area contributed by atoms with Gasteiger partial charge in [-0.1, -0.05) is 30.3 Å². The quantitative estimate of drug-likeness (QED) is 0.512. The fraction of sp³-hybridized carbons (Fsp3) is 0.158. The van der Waals surface area contributed by atoms with Gasteiger partial charge in [-0.2, -0.15) is 5.10 Å². The number of carbonyl (C=O) groups is 1. The van der Waals surface area contributed by atoms with E-state index in [0.717, 1.165) is 16.9 Å². The number of benzene rings is 2. The summed E-state index contributed by atoms with van der Waals surface area (Å²) < 4.78 is 6.75. The van der Waals surface area contributed by atoms with Crippen LogP contribution in [0.4, 0.5) is 5.69 Å². The molecule has 0 bridgehead atoms. The van der Waals surface area contributed by atoms with Crippen molar-refractivity contribution < 1.29 is 14.5 Å². The molecule has 0 saturated carbocycles. The maximum Gasteiger partial charge on any atom is 0.307 e. The molecule has 0 spiro atoms. The lowest BCUT2D eigenvalue weighted by Gasteiger charge is -2.10. The Morgan fingerprint density at radius 3 is 2.63 bits per heavy atom. The molecule has 1 heterocycles. The van der Waals surface area contributed by atoms with Crippen LogP contribution >= 0.6 is 0 Å². The molecule has 8 nitrogen and oxygen atoms in total. The molecule has 0 fully saturated rings. The Kier molecular flexibility index (Phi) is 5.46. The van der Waals surface area contributed by atoms with E-state index in [1.54, 1.807) is 31.4 Å². The molecule has 0 atom stereocenters. The first-order valence-corrected chi connectivity index (χ1v) is 8.22. The predicted molar refractivity (Wildman–Crippen MR) is 98.6 cm³/mol. The maximum atomic E-state index is 12.3. The van der Waals surface area contributed by atoms with Crippen LogP contribution in [0.2, 0.25) is 0 Å². The molecule has 3 aromatic rings. The minimum Gasteiger partial charge on any atom is -0.496 e. The SMILES string of the molecule is COc1ccccc1CNC(=O)c1ccc(Cn2cc([N+](=O)[O-])cn2)cc1. The van der Waals surface area contributed by atoms with Crippen molar-refractivity contribution in [3.05, 3.63) is 87.7 Å². The molecule has 0 unspecified atom stereocenters. The first kappa shape index (κ1) is 18.1. The highest BCUT2D eigenvalue weighted by Crippen LogP contribution is 2.17. The molecular weight excluding hydrogens is 348 g/mol. The fourth-order valence-electron chi connectivity index (χ4n) is 2.61. The summed E-state index contributed by atoms with van der Waals surface area (Å²) in [5.41, 5.74) is 2.25. The van der Waals surface area contributed by atoms with Crippen molar-refractivity contribution in [2.45, 2.75) is 13.1 Å². The summed E-state index contributed by atoms with van der Waals surface area (Å²) in [6, 6.07) is 14.5. The molecule has 3 rings (SSSR count). The zero-order valence-electron chi connectivity index (χ0n) is 14.7. The summed E-state index contributed by atoms with van der Waals surface area (Å²) in [7, 11) is 1.59. The number of hydrogen-bond acceptors (Lipinski definition) is 5. The molecule has 8 heteroatoms. The summed E-state index contributed by atoms with van der Waals surface area (Å²) in [6.45, 7) is 0.749. The lowest BCUT2D eigenvalue weighted by Crippen LogP contribution is -2.23. The molecule has 0 saturated heterocycles. The van der Waals surface area contributed by atoms with Crippen LogP contribution in [0.1, 0.15) is 21.5 Å². The minimum atomic E-state index is -0.487. The summed E-state index contributed by atoms with van der Waals surface area (Å²) in [5.74, 6) is 0.531. The number of nitrogens with one attached hydrogen (secondary N) is 1. The zero-order valence-corrected chi connectivity index (χ0v) is 14.7. The number of amides is 1. The summed E-state index contributed by atoms with van der Waals surface area (Å²) in [6.07, 6.45) is 2.58. The monoisotopic (exact) mass is 366 g/mol. The number of aromatic nitrogens is 2. The van der Waals surface area contributed by atoms with E-state index in [9.17, 15) is 14.9 Å². The van der Waals surface area contributed by atoms with Crippen molar-refractivity contribution in [3.63, 3.8) is 0 Å². The summed E-state index contributed by atoms with van der Waals surface area (Å²) >= 11 is 0. The maximum absolute atomic E-state index is 12.3. The van der Waals surface area contributed by atoms with Gasteiger partial charge in [0, 0.05) is 17.7 Å². The number of ether oxygens (including phenoxy) is 1. The van der Waals surface area contributed by atoms with Gasteiger partial charge in [0.15, 0.2) is 0 Å². The minimum absolute atomic E-state index is 0.0534. The number of carbonyl (C=O) groups excluding carboxylic acids is 1. The second kappa shape index (κ2) is 8.13. The highest BCUT2D eigenvalue weighted by atomic mass is 16.6. The average Bonchev–Trinajstić information content (AvgIpc) is 3.16. The van der Waals surface area contributed by atoms with Crippen LogP contribution < -0.4 is 10.1 Å². The van der Waals surface area contributed by atoms with Gasteiger partial charge < -0.3 is 10.1 Å². The molecule has 1 amide bonds. The Labute approximate surface area is 155 Å². The Morgan fingerprint density at radius 2 is 1.96 bits per heavy atom. The average molecular weight is 366 g/mol. The first-order valence-electron chi connectivity index (χ1n) is 8.22. The molecule has 138 valence electrons. The van der Waals surface area contributed by atoms with Crippen LogP contribution in [0, 0.1) is 10.1 Å². The Morgan fingerprint density at radius 1 is 1.22 bits per heavy atom. The van der Waals surface area contributed by atoms with Crippen LogP contribution in [0.15, 0.2) is 60.9 Å². The van der Waals surface area contributed by atoms with Gasteiger partial charge in [0.25, 0.3) is 5.91 Å². The van der Waals surface area contributed by atoms with E-state index in [1.807, 2.05) is 24.3 Å². The summed E-state index contributed by atoms with van der Waals surface area (Å²) in [5, 5.41) is 17.5. The first-order chi connectivity index (χ1) is 13.1. The van der Waals surface area contributed by atoms with Gasteiger partial charge in [-0.3, -0.25) is 19.6 Å². The largest absolute Gasteiger partial charge is 0.496 e. The summed E-state index contributed by atoms with van der Waals surface area (Å²) in [4.78, 5) is 22.5. The predicted octanol–water partition coefficient (Wildman–Crippen LogP) is 2.78. The van der Waals surface area contributed by atoms with E-state index in [0.29, 0.717) is 18.7 Å². The zero-order chi connectivity index (χ0) is 19.2. The van der Waals surface area contributed by atoms with Gasteiger partial charge in [0.1, 0.15) is 18.1 Å². The smallest absolute Gasteiger partial charge is 0.307 e. The molecule has 1 N–H and O–H groups in total. The fourth-order valence-corrected chi connectivity index (χ4v) is 2.61. The van der Waals surface area contributed by atoms with Crippen molar-refractivity contribution in [1.82, 2.24) is 15.1 Å². The van der Waals surface area contributed by atoms with Crippen LogP contribution in [-0.4, -0.2) is 27.7 Å². The van der Waals surface area contributed by atoms with Crippen LogP contribution in [0.5, 0.6) is 5.75 Å². The van der Waals surface area contributed by atoms with E-state index in [1.165, 1.54) is 17.1 Å². The van der Waals surface area contributed by atoms with Gasteiger partial charge in [0.05, 0.1) is 18.6 Å². The second-order valence-electron chi connectivity index (χ2n) is 5.84. The van der Waals surface area contributed by atoms with Crippen LogP contribution in [-0.2, 0) is 13.1 Å². The van der Waals surface area contributed by atoms with Crippen molar-refractivity contribution >= 4 is 11.6 Å². The Bertz CT molecular complexity index is 950. The third kappa shape index (κ3) is 4.49. The van der Waals surface area contributed by atoms with E-state index >= 15 is 0 Å². The lowest BCUT2D eigenvalue weighted by atomic mass is 10.1. The normalized spacial score (nSPS) is 10.4. The van der Waals surface area contributed by atoms with Gasteiger partial charge in [-0.05, 0) is 23.8 Å². The number of hydrogen-bond donors (Lipinski definition) is 1. The number of para-hydroxylation sites is 1. The molecule has 27 heavy (non-hydrogen) atoms. The number of nitro groups is 1. The van der Waals surface area contributed by atoms with Gasteiger partial charge in [-0.25, -0.2) is 0 Å². The van der Waals surface area contributed by atoms with Crippen molar-refractivity contribution in [3.8, 4) is 5.75 Å². The van der Waals surface area contributed by atoms with E-state index in [-0.39, 0.29) is 11.6 Å². The molecule has 2 aromatic carbocycles. The van der Waals surface area contributed by atoms with Gasteiger partial charge in [0.2, 0.25) is 0 Å². The highest BCUT2D eigenvalue weighted by Gasteiger charge is 2.10. The second-order valence-corrected chi connectivity index (χ2v) is 5.84. The third-order valence-corrected chi connectivity index (χ3v) is 4.02. The number of rotatable bonds is 7. The third-order valence-electron chi connectivity index (χ3n) is 4.02. The molecule has 0 radical (unpaired) electrons.